The molecule has 0 aliphatic carbocycles. The standard InChI is InChI=1S/C21H20FN5OS/c1-14-25-17-5-3-4-6-18(17)26(14)12-11-23-20(28)19-13-24-21(29-2)27(19)16-9-7-15(22)8-10-16/h3-10,13H,11-12H2,1-2H3,(H,23,28). The van der Waals surface area contributed by atoms with Gasteiger partial charge in [-0.3, -0.25) is 9.36 Å². The number of halogens is 1. The Morgan fingerprint density at radius 3 is 2.69 bits per heavy atom. The van der Waals surface area contributed by atoms with Crippen molar-refractivity contribution < 1.29 is 9.18 Å². The molecular formula is C21H20FN5OS. The van der Waals surface area contributed by atoms with Crippen LogP contribution < -0.4 is 5.32 Å². The van der Waals surface area contributed by atoms with Crippen LogP contribution in [-0.4, -0.2) is 37.8 Å². The van der Waals surface area contributed by atoms with Crippen LogP contribution in [0.25, 0.3) is 16.7 Å². The molecule has 0 fully saturated rings. The lowest BCUT2D eigenvalue weighted by molar-refractivity contribution is 0.0945. The van der Waals surface area contributed by atoms with E-state index in [1.54, 1.807) is 22.9 Å². The molecule has 0 aliphatic rings. The summed E-state index contributed by atoms with van der Waals surface area (Å²) < 4.78 is 17.1. The predicted molar refractivity (Wildman–Crippen MR) is 112 cm³/mol. The molecule has 4 rings (SSSR count). The molecule has 0 spiro atoms. The van der Waals surface area contributed by atoms with E-state index in [0.29, 0.717) is 29.6 Å². The third-order valence-electron chi connectivity index (χ3n) is 4.70. The van der Waals surface area contributed by atoms with Crippen LogP contribution in [0.4, 0.5) is 4.39 Å². The first-order valence-electron chi connectivity index (χ1n) is 9.16. The second kappa shape index (κ2) is 8.08. The fraction of sp³-hybridized carbons (Fsp3) is 0.190. The maximum Gasteiger partial charge on any atom is 0.270 e. The fourth-order valence-electron chi connectivity index (χ4n) is 3.33. The quantitative estimate of drug-likeness (QED) is 0.492. The molecule has 0 unspecified atom stereocenters. The van der Waals surface area contributed by atoms with Crippen LogP contribution in [0.2, 0.25) is 0 Å². The van der Waals surface area contributed by atoms with Crippen molar-refractivity contribution in [1.82, 2.24) is 24.4 Å². The van der Waals surface area contributed by atoms with Gasteiger partial charge in [0.15, 0.2) is 5.16 Å². The number of amides is 1. The molecule has 0 bridgehead atoms. The van der Waals surface area contributed by atoms with Gasteiger partial charge in [0, 0.05) is 18.8 Å². The highest BCUT2D eigenvalue weighted by molar-refractivity contribution is 7.98. The molecule has 0 aliphatic heterocycles. The van der Waals surface area contributed by atoms with E-state index in [-0.39, 0.29) is 11.7 Å². The van der Waals surface area contributed by atoms with E-state index >= 15 is 0 Å². The fourth-order valence-corrected chi connectivity index (χ4v) is 3.87. The minimum absolute atomic E-state index is 0.232. The van der Waals surface area contributed by atoms with Gasteiger partial charge in [0.2, 0.25) is 0 Å². The van der Waals surface area contributed by atoms with Crippen LogP contribution in [0.1, 0.15) is 16.3 Å². The summed E-state index contributed by atoms with van der Waals surface area (Å²) in [5, 5.41) is 3.62. The van der Waals surface area contributed by atoms with Crippen LogP contribution in [0.3, 0.4) is 0 Å². The number of rotatable bonds is 6. The number of nitrogens with one attached hydrogen (secondary N) is 1. The third kappa shape index (κ3) is 3.75. The first kappa shape index (κ1) is 19.2. The number of carbonyl (C=O) groups is 1. The molecule has 0 saturated carbocycles. The number of imidazole rings is 2. The Kier molecular flexibility index (Phi) is 5.35. The van der Waals surface area contributed by atoms with Crippen molar-refractivity contribution in [2.24, 2.45) is 0 Å². The average Bonchev–Trinajstić information content (AvgIpc) is 3.29. The number of hydrogen-bond acceptors (Lipinski definition) is 4. The van der Waals surface area contributed by atoms with Crippen LogP contribution >= 0.6 is 11.8 Å². The lowest BCUT2D eigenvalue weighted by atomic mass is 10.3. The highest BCUT2D eigenvalue weighted by atomic mass is 32.2. The van der Waals surface area contributed by atoms with E-state index in [9.17, 15) is 9.18 Å². The number of hydrogen-bond donors (Lipinski definition) is 1. The molecule has 4 aromatic rings. The number of fused-ring (bicyclic) bond motifs is 1. The minimum Gasteiger partial charge on any atom is -0.349 e. The van der Waals surface area contributed by atoms with E-state index in [0.717, 1.165) is 16.9 Å². The highest BCUT2D eigenvalue weighted by Gasteiger charge is 2.18. The van der Waals surface area contributed by atoms with Gasteiger partial charge in [0.05, 0.1) is 17.2 Å². The molecule has 8 heteroatoms. The lowest BCUT2D eigenvalue weighted by Gasteiger charge is -2.12. The van der Waals surface area contributed by atoms with Crippen LogP contribution in [0.15, 0.2) is 59.9 Å². The normalized spacial score (nSPS) is 11.1. The van der Waals surface area contributed by atoms with E-state index < -0.39 is 0 Å². The van der Waals surface area contributed by atoms with Gasteiger partial charge >= 0.3 is 0 Å². The third-order valence-corrected chi connectivity index (χ3v) is 5.35. The molecule has 2 aromatic carbocycles. The molecule has 6 nitrogen and oxygen atoms in total. The second-order valence-electron chi connectivity index (χ2n) is 6.50. The van der Waals surface area contributed by atoms with Crippen molar-refractivity contribution in [2.45, 2.75) is 18.6 Å². The Morgan fingerprint density at radius 2 is 1.93 bits per heavy atom. The summed E-state index contributed by atoms with van der Waals surface area (Å²) >= 11 is 1.42. The van der Waals surface area contributed by atoms with E-state index in [1.807, 2.05) is 37.4 Å². The van der Waals surface area contributed by atoms with Crippen molar-refractivity contribution in [1.29, 1.82) is 0 Å². The van der Waals surface area contributed by atoms with E-state index in [2.05, 4.69) is 19.9 Å². The van der Waals surface area contributed by atoms with Gasteiger partial charge in [-0.1, -0.05) is 23.9 Å². The molecule has 2 heterocycles. The summed E-state index contributed by atoms with van der Waals surface area (Å²) in [6.45, 7) is 3.01. The molecule has 0 radical (unpaired) electrons. The smallest absolute Gasteiger partial charge is 0.270 e. The summed E-state index contributed by atoms with van der Waals surface area (Å²) in [5.41, 5.74) is 3.08. The summed E-state index contributed by atoms with van der Waals surface area (Å²) in [7, 11) is 0. The molecule has 0 saturated heterocycles. The lowest BCUT2D eigenvalue weighted by Crippen LogP contribution is -2.29. The van der Waals surface area contributed by atoms with Crippen molar-refractivity contribution in [3.8, 4) is 5.69 Å². The zero-order chi connectivity index (χ0) is 20.4. The summed E-state index contributed by atoms with van der Waals surface area (Å²) in [4.78, 5) is 21.7. The van der Waals surface area contributed by atoms with Gasteiger partial charge < -0.3 is 9.88 Å². The Morgan fingerprint density at radius 1 is 1.17 bits per heavy atom. The predicted octanol–water partition coefficient (Wildman–Crippen LogP) is 3.82. The van der Waals surface area contributed by atoms with Crippen molar-refractivity contribution in [2.75, 3.05) is 12.8 Å². The number of carbonyl (C=O) groups excluding carboxylic acids is 1. The molecule has 0 atom stereocenters. The van der Waals surface area contributed by atoms with Crippen molar-refractivity contribution >= 4 is 28.7 Å². The Balaban J connectivity index is 1.52. The summed E-state index contributed by atoms with van der Waals surface area (Å²) in [6.07, 6.45) is 3.43. The summed E-state index contributed by atoms with van der Waals surface area (Å²) in [5.74, 6) is 0.346. The molecule has 29 heavy (non-hydrogen) atoms. The molecule has 148 valence electrons. The maximum absolute atomic E-state index is 13.3. The number of para-hydroxylation sites is 2. The van der Waals surface area contributed by atoms with Gasteiger partial charge in [0.1, 0.15) is 17.3 Å². The highest BCUT2D eigenvalue weighted by Crippen LogP contribution is 2.22. The van der Waals surface area contributed by atoms with Crippen molar-refractivity contribution in [3.63, 3.8) is 0 Å². The van der Waals surface area contributed by atoms with Gasteiger partial charge in [-0.15, -0.1) is 0 Å². The zero-order valence-electron chi connectivity index (χ0n) is 16.1. The average molecular weight is 409 g/mol. The second-order valence-corrected chi connectivity index (χ2v) is 7.27. The first-order chi connectivity index (χ1) is 14.1. The zero-order valence-corrected chi connectivity index (χ0v) is 16.9. The molecule has 2 aromatic heterocycles. The number of aromatic nitrogens is 4. The summed E-state index contributed by atoms with van der Waals surface area (Å²) in [6, 6.07) is 13.9. The minimum atomic E-state index is -0.325. The Hall–Kier alpha value is -3.13. The molecule has 1 N–H and O–H groups in total. The van der Waals surface area contributed by atoms with Crippen LogP contribution in [0, 0.1) is 12.7 Å². The van der Waals surface area contributed by atoms with E-state index in [4.69, 9.17) is 0 Å². The number of benzene rings is 2. The van der Waals surface area contributed by atoms with Crippen LogP contribution in [-0.2, 0) is 6.54 Å². The molecule has 1 amide bonds. The van der Waals surface area contributed by atoms with Crippen LogP contribution in [0.5, 0.6) is 0 Å². The molecular weight excluding hydrogens is 389 g/mol. The van der Waals surface area contributed by atoms with Gasteiger partial charge in [-0.25, -0.2) is 14.4 Å². The monoisotopic (exact) mass is 409 g/mol. The van der Waals surface area contributed by atoms with Crippen molar-refractivity contribution in [3.05, 3.63) is 72.1 Å². The first-order valence-corrected chi connectivity index (χ1v) is 10.4. The topological polar surface area (TPSA) is 64.7 Å². The Bertz CT molecular complexity index is 1170. The number of aryl methyl sites for hydroxylation is 1. The largest absolute Gasteiger partial charge is 0.349 e. The number of thioether (sulfide) groups is 1. The number of nitrogens with zero attached hydrogens (tertiary/aromatic N) is 4. The van der Waals surface area contributed by atoms with E-state index in [1.165, 1.54) is 23.9 Å². The van der Waals surface area contributed by atoms with Gasteiger partial charge in [-0.2, -0.15) is 0 Å². The SMILES string of the molecule is CSc1ncc(C(=O)NCCn2c(C)nc3ccccc32)n1-c1ccc(F)cc1. The van der Waals surface area contributed by atoms with Gasteiger partial charge in [-0.05, 0) is 49.6 Å². The van der Waals surface area contributed by atoms with Gasteiger partial charge in [0.25, 0.3) is 5.91 Å². The maximum atomic E-state index is 13.3. The Labute approximate surface area is 171 Å².